The van der Waals surface area contributed by atoms with Crippen LogP contribution in [0.3, 0.4) is 0 Å². The van der Waals surface area contributed by atoms with Gasteiger partial charge in [0.25, 0.3) is 0 Å². The van der Waals surface area contributed by atoms with Gasteiger partial charge < -0.3 is 0 Å². The molecule has 0 fully saturated rings. The number of carbonyl (C=O) groups excluding carboxylic acids is 1. The highest BCUT2D eigenvalue weighted by Crippen LogP contribution is 2.30. The summed E-state index contributed by atoms with van der Waals surface area (Å²) in [6.45, 7) is 1.59. The average Bonchev–Trinajstić information content (AvgIpc) is 2.49. The third-order valence-electron chi connectivity index (χ3n) is 2.30. The molecule has 1 aromatic rings. The van der Waals surface area contributed by atoms with E-state index in [0.29, 0.717) is 6.42 Å². The van der Waals surface area contributed by atoms with Gasteiger partial charge in [-0.25, -0.2) is 0 Å². The number of allylic oxidation sites excluding steroid dienone is 1. The fourth-order valence-corrected chi connectivity index (χ4v) is 1.80. The molecule has 0 atom stereocenters. The number of halogens is 1. The molecule has 1 nitrogen and oxygen atoms in total. The summed E-state index contributed by atoms with van der Waals surface area (Å²) in [4.78, 5) is 11.1. The van der Waals surface area contributed by atoms with Crippen molar-refractivity contribution in [2.45, 2.75) is 13.3 Å². The molecule has 0 unspecified atom stereocenters. The topological polar surface area (TPSA) is 17.1 Å². The molecule has 2 heteroatoms. The Bertz CT molecular complexity index is 405. The van der Waals surface area contributed by atoms with Crippen LogP contribution in [0.2, 0.25) is 5.02 Å². The fourth-order valence-electron chi connectivity index (χ4n) is 1.55. The molecule has 0 saturated carbocycles. The normalized spacial score (nSPS) is 13.8. The van der Waals surface area contributed by atoms with E-state index in [1.165, 1.54) is 0 Å². The molecule has 0 saturated heterocycles. The van der Waals surface area contributed by atoms with E-state index >= 15 is 0 Å². The third-order valence-corrected chi connectivity index (χ3v) is 2.66. The zero-order chi connectivity index (χ0) is 9.42. The maximum Gasteiger partial charge on any atom is 0.156 e. The van der Waals surface area contributed by atoms with Crippen LogP contribution < -0.4 is 0 Å². The maximum absolute atomic E-state index is 11.1. The van der Waals surface area contributed by atoms with Gasteiger partial charge in [-0.2, -0.15) is 0 Å². The molecular formula is C11H9ClO. The van der Waals surface area contributed by atoms with Crippen molar-refractivity contribution >= 4 is 23.5 Å². The van der Waals surface area contributed by atoms with Crippen LogP contribution in [0.25, 0.3) is 6.08 Å². The van der Waals surface area contributed by atoms with Crippen LogP contribution in [-0.2, 0) is 11.2 Å². The first-order valence-electron chi connectivity index (χ1n) is 4.17. The Balaban J connectivity index is 2.46. The third kappa shape index (κ3) is 1.40. The Kier molecular flexibility index (Phi) is 1.97. The molecule has 0 radical (unpaired) electrons. The molecule has 1 aliphatic rings. The highest BCUT2D eigenvalue weighted by molar-refractivity contribution is 6.31. The number of carbonyl (C=O) groups is 1. The van der Waals surface area contributed by atoms with Gasteiger partial charge in [0.15, 0.2) is 5.78 Å². The van der Waals surface area contributed by atoms with Gasteiger partial charge in [0, 0.05) is 11.4 Å². The maximum atomic E-state index is 11.1. The number of rotatable bonds is 1. The number of fused-ring (bicyclic) bond motifs is 1. The molecule has 0 amide bonds. The molecule has 0 bridgehead atoms. The largest absolute Gasteiger partial charge is 0.295 e. The quantitative estimate of drug-likeness (QED) is 0.669. The van der Waals surface area contributed by atoms with Gasteiger partial charge in [0.2, 0.25) is 0 Å². The van der Waals surface area contributed by atoms with Gasteiger partial charge in [-0.05, 0) is 35.8 Å². The smallest absolute Gasteiger partial charge is 0.156 e. The fraction of sp³-hybridized carbons (Fsp3) is 0.182. The second kappa shape index (κ2) is 3.00. The molecule has 0 spiro atoms. The summed E-state index contributed by atoms with van der Waals surface area (Å²) < 4.78 is 0. The van der Waals surface area contributed by atoms with E-state index in [4.69, 9.17) is 11.6 Å². The van der Waals surface area contributed by atoms with E-state index in [1.54, 1.807) is 6.92 Å². The minimum absolute atomic E-state index is 0.132. The molecule has 13 heavy (non-hydrogen) atoms. The lowest BCUT2D eigenvalue weighted by atomic mass is 10.1. The van der Waals surface area contributed by atoms with Crippen molar-refractivity contribution in [2.75, 3.05) is 0 Å². The number of hydrogen-bond donors (Lipinski definition) is 0. The molecular weight excluding hydrogens is 184 g/mol. The van der Waals surface area contributed by atoms with Crippen LogP contribution in [0.15, 0.2) is 23.8 Å². The lowest BCUT2D eigenvalue weighted by Gasteiger charge is -2.00. The van der Waals surface area contributed by atoms with Gasteiger partial charge in [-0.3, -0.25) is 4.79 Å². The Labute approximate surface area is 82.0 Å². The Morgan fingerprint density at radius 1 is 1.46 bits per heavy atom. The molecule has 0 N–H and O–H groups in total. The van der Waals surface area contributed by atoms with E-state index in [9.17, 15) is 4.79 Å². The summed E-state index contributed by atoms with van der Waals surface area (Å²) in [7, 11) is 0. The Morgan fingerprint density at radius 2 is 2.23 bits per heavy atom. The highest BCUT2D eigenvalue weighted by atomic mass is 35.5. The highest BCUT2D eigenvalue weighted by Gasteiger charge is 2.17. The van der Waals surface area contributed by atoms with Crippen molar-refractivity contribution in [3.05, 3.63) is 39.9 Å². The van der Waals surface area contributed by atoms with Crippen LogP contribution in [0.1, 0.15) is 18.1 Å². The van der Waals surface area contributed by atoms with Gasteiger partial charge in [0.05, 0.1) is 0 Å². The van der Waals surface area contributed by atoms with E-state index in [-0.39, 0.29) is 5.78 Å². The summed E-state index contributed by atoms with van der Waals surface area (Å²) in [5.41, 5.74) is 3.01. The van der Waals surface area contributed by atoms with Crippen molar-refractivity contribution in [1.82, 2.24) is 0 Å². The lowest BCUT2D eigenvalue weighted by Crippen LogP contribution is -1.95. The number of ketones is 1. The number of Topliss-reactive ketones (excluding diaryl/α,β-unsaturated/α-hetero) is 1. The summed E-state index contributed by atoms with van der Waals surface area (Å²) in [6.07, 6.45) is 2.61. The van der Waals surface area contributed by atoms with Gasteiger partial charge in [-0.15, -0.1) is 0 Å². The molecule has 2 rings (SSSR count). The standard InChI is InChI=1S/C11H9ClO/c1-7(13)9-5-8-3-2-4-11(12)10(8)6-9/h2-5H,6H2,1H3. The van der Waals surface area contributed by atoms with Crippen LogP contribution in [0.5, 0.6) is 0 Å². The van der Waals surface area contributed by atoms with Crippen LogP contribution >= 0.6 is 11.6 Å². The second-order valence-electron chi connectivity index (χ2n) is 3.21. The van der Waals surface area contributed by atoms with Crippen LogP contribution in [-0.4, -0.2) is 5.78 Å². The number of benzene rings is 1. The van der Waals surface area contributed by atoms with E-state index in [2.05, 4.69) is 0 Å². The lowest BCUT2D eigenvalue weighted by molar-refractivity contribution is -0.113. The zero-order valence-electron chi connectivity index (χ0n) is 7.30. The molecule has 1 aromatic carbocycles. The second-order valence-corrected chi connectivity index (χ2v) is 3.62. The predicted molar refractivity (Wildman–Crippen MR) is 53.8 cm³/mol. The molecule has 0 aromatic heterocycles. The van der Waals surface area contributed by atoms with Gasteiger partial charge in [-0.1, -0.05) is 23.7 Å². The van der Waals surface area contributed by atoms with Crippen molar-refractivity contribution in [3.8, 4) is 0 Å². The number of hydrogen-bond acceptors (Lipinski definition) is 1. The van der Waals surface area contributed by atoms with Crippen molar-refractivity contribution in [2.24, 2.45) is 0 Å². The first-order chi connectivity index (χ1) is 6.18. The van der Waals surface area contributed by atoms with Crippen molar-refractivity contribution in [1.29, 1.82) is 0 Å². The minimum atomic E-state index is 0.132. The monoisotopic (exact) mass is 192 g/mol. The van der Waals surface area contributed by atoms with Gasteiger partial charge >= 0.3 is 0 Å². The van der Waals surface area contributed by atoms with Crippen LogP contribution in [0, 0.1) is 0 Å². The minimum Gasteiger partial charge on any atom is -0.295 e. The van der Waals surface area contributed by atoms with E-state index in [0.717, 1.165) is 21.7 Å². The SMILES string of the molecule is CC(=O)C1=Cc2cccc(Cl)c2C1. The first-order valence-corrected chi connectivity index (χ1v) is 4.55. The summed E-state index contributed by atoms with van der Waals surface area (Å²) >= 11 is 6.00. The average molecular weight is 193 g/mol. The van der Waals surface area contributed by atoms with Gasteiger partial charge in [0.1, 0.15) is 0 Å². The van der Waals surface area contributed by atoms with E-state index < -0.39 is 0 Å². The Morgan fingerprint density at radius 3 is 2.85 bits per heavy atom. The summed E-state index contributed by atoms with van der Waals surface area (Å²) in [5, 5.41) is 0.755. The molecule has 1 aliphatic carbocycles. The predicted octanol–water partition coefficient (Wildman–Crippen LogP) is 2.87. The van der Waals surface area contributed by atoms with Crippen molar-refractivity contribution < 1.29 is 4.79 Å². The van der Waals surface area contributed by atoms with Crippen molar-refractivity contribution in [3.63, 3.8) is 0 Å². The first kappa shape index (κ1) is 8.52. The summed E-state index contributed by atoms with van der Waals surface area (Å²) in [5.74, 6) is 0.132. The molecule has 0 aliphatic heterocycles. The van der Waals surface area contributed by atoms with E-state index in [1.807, 2.05) is 24.3 Å². The summed E-state index contributed by atoms with van der Waals surface area (Å²) in [6, 6.07) is 5.75. The van der Waals surface area contributed by atoms with Crippen LogP contribution in [0.4, 0.5) is 0 Å². The molecule has 66 valence electrons. The Hall–Kier alpha value is -1.08. The molecule has 0 heterocycles. The zero-order valence-corrected chi connectivity index (χ0v) is 8.06.